The number of likely N-dealkylation sites (tertiary alicyclic amines) is 1. The van der Waals surface area contributed by atoms with Crippen molar-refractivity contribution in [3.63, 3.8) is 0 Å². The highest BCUT2D eigenvalue weighted by atomic mass is 16.5. The molecule has 0 aliphatic carbocycles. The predicted octanol–water partition coefficient (Wildman–Crippen LogP) is 4.14. The Morgan fingerprint density at radius 3 is 2.39 bits per heavy atom. The molecule has 4 rings (SSSR count). The number of rotatable bonds is 7. The van der Waals surface area contributed by atoms with Gasteiger partial charge in [-0.1, -0.05) is 57.2 Å². The van der Waals surface area contributed by atoms with Gasteiger partial charge >= 0.3 is 0 Å². The Labute approximate surface area is 213 Å². The molecule has 2 saturated heterocycles. The van der Waals surface area contributed by atoms with Gasteiger partial charge in [-0.3, -0.25) is 14.5 Å². The number of Topliss-reactive ketones (excluding diaryl/α,β-unsaturated/α-hetero) is 1. The molecule has 7 nitrogen and oxygen atoms in total. The minimum absolute atomic E-state index is 0.0287. The maximum Gasteiger partial charge on any atom is 0.295 e. The Morgan fingerprint density at radius 2 is 1.75 bits per heavy atom. The van der Waals surface area contributed by atoms with E-state index in [4.69, 9.17) is 9.47 Å². The molecule has 7 heteroatoms. The Bertz CT molecular complexity index is 1130. The van der Waals surface area contributed by atoms with Crippen molar-refractivity contribution in [2.45, 2.75) is 38.6 Å². The summed E-state index contributed by atoms with van der Waals surface area (Å²) < 4.78 is 10.7. The number of ketones is 1. The first-order valence-electron chi connectivity index (χ1n) is 12.5. The molecular weight excluding hydrogens is 456 g/mol. The molecule has 0 spiro atoms. The Balaban J connectivity index is 1.70. The fourth-order valence-electron chi connectivity index (χ4n) is 4.84. The van der Waals surface area contributed by atoms with E-state index < -0.39 is 17.7 Å². The first-order valence-corrected chi connectivity index (χ1v) is 12.5. The van der Waals surface area contributed by atoms with E-state index in [9.17, 15) is 14.7 Å². The van der Waals surface area contributed by atoms with Crippen LogP contribution in [0.3, 0.4) is 0 Å². The minimum Gasteiger partial charge on any atom is -0.507 e. The smallest absolute Gasteiger partial charge is 0.295 e. The normalized spacial score (nSPS) is 20.7. The van der Waals surface area contributed by atoms with Gasteiger partial charge in [-0.25, -0.2) is 0 Å². The van der Waals surface area contributed by atoms with Gasteiger partial charge in [0.15, 0.2) is 0 Å². The maximum atomic E-state index is 13.3. The van der Waals surface area contributed by atoms with Gasteiger partial charge in [0, 0.05) is 31.7 Å². The van der Waals surface area contributed by atoms with Gasteiger partial charge in [-0.15, -0.1) is 0 Å². The second kappa shape index (κ2) is 10.8. The maximum absolute atomic E-state index is 13.3. The highest BCUT2D eigenvalue weighted by molar-refractivity contribution is 6.46. The third kappa shape index (κ3) is 5.47. The number of hydrogen-bond acceptors (Lipinski definition) is 6. The molecule has 2 aliphatic heterocycles. The van der Waals surface area contributed by atoms with Gasteiger partial charge in [0.2, 0.25) is 0 Å². The summed E-state index contributed by atoms with van der Waals surface area (Å²) >= 11 is 0. The van der Waals surface area contributed by atoms with Crippen LogP contribution < -0.4 is 4.74 Å². The molecule has 2 aromatic rings. The summed E-state index contributed by atoms with van der Waals surface area (Å²) in [6, 6.07) is 14.2. The zero-order valence-corrected chi connectivity index (χ0v) is 21.6. The van der Waals surface area contributed by atoms with Crippen LogP contribution in [0.25, 0.3) is 5.76 Å². The molecule has 1 N–H and O–H groups in total. The average Bonchev–Trinajstić information content (AvgIpc) is 3.13. The quantitative estimate of drug-likeness (QED) is 0.356. The topological polar surface area (TPSA) is 79.3 Å². The molecule has 36 heavy (non-hydrogen) atoms. The SMILES string of the molecule is COc1cccc(/C(O)=C2\C(=O)C(=O)N(CCCN3CCOCC3)[C@@H]2c2ccc(C(C)(C)C)cc2)c1. The summed E-state index contributed by atoms with van der Waals surface area (Å²) in [5.41, 5.74) is 2.49. The molecule has 1 atom stereocenters. The number of hydrogen-bond donors (Lipinski definition) is 1. The van der Waals surface area contributed by atoms with E-state index in [1.54, 1.807) is 36.3 Å². The molecule has 0 bridgehead atoms. The third-order valence-electron chi connectivity index (χ3n) is 6.95. The van der Waals surface area contributed by atoms with Crippen LogP contribution in [0, 0.1) is 0 Å². The summed E-state index contributed by atoms with van der Waals surface area (Å²) in [6.07, 6.45) is 0.725. The highest BCUT2D eigenvalue weighted by Crippen LogP contribution is 2.40. The van der Waals surface area contributed by atoms with Crippen LogP contribution in [0.5, 0.6) is 5.75 Å². The number of methoxy groups -OCH3 is 1. The van der Waals surface area contributed by atoms with E-state index in [2.05, 4.69) is 25.7 Å². The number of ether oxygens (including phenoxy) is 2. The van der Waals surface area contributed by atoms with Crippen molar-refractivity contribution in [2.75, 3.05) is 46.5 Å². The van der Waals surface area contributed by atoms with Gasteiger partial charge in [0.1, 0.15) is 11.5 Å². The van der Waals surface area contributed by atoms with E-state index in [0.29, 0.717) is 31.1 Å². The summed E-state index contributed by atoms with van der Waals surface area (Å²) in [5.74, 6) is -0.865. The molecule has 2 aromatic carbocycles. The predicted molar refractivity (Wildman–Crippen MR) is 139 cm³/mol. The summed E-state index contributed by atoms with van der Waals surface area (Å²) in [6.45, 7) is 10.8. The molecular formula is C29H36N2O5. The van der Waals surface area contributed by atoms with Crippen LogP contribution in [0.4, 0.5) is 0 Å². The summed E-state index contributed by atoms with van der Waals surface area (Å²) in [5, 5.41) is 11.3. The van der Waals surface area contributed by atoms with Crippen LogP contribution >= 0.6 is 0 Å². The van der Waals surface area contributed by atoms with E-state index in [1.807, 2.05) is 24.3 Å². The third-order valence-corrected chi connectivity index (χ3v) is 6.95. The Hall–Kier alpha value is -3.16. The van der Waals surface area contributed by atoms with Crippen molar-refractivity contribution >= 4 is 17.4 Å². The van der Waals surface area contributed by atoms with Gasteiger partial charge in [0.25, 0.3) is 11.7 Å². The summed E-state index contributed by atoms with van der Waals surface area (Å²) in [4.78, 5) is 30.5. The molecule has 0 unspecified atom stereocenters. The van der Waals surface area contributed by atoms with Crippen molar-refractivity contribution in [1.82, 2.24) is 9.80 Å². The number of nitrogens with zero attached hydrogens (tertiary/aromatic N) is 2. The van der Waals surface area contributed by atoms with E-state index >= 15 is 0 Å². The fraction of sp³-hybridized carbons (Fsp3) is 0.448. The molecule has 1 amide bonds. The Kier molecular flexibility index (Phi) is 7.81. The van der Waals surface area contributed by atoms with Crippen LogP contribution in [0.15, 0.2) is 54.1 Å². The lowest BCUT2D eigenvalue weighted by Crippen LogP contribution is -2.39. The first-order chi connectivity index (χ1) is 17.2. The second-order valence-corrected chi connectivity index (χ2v) is 10.4. The lowest BCUT2D eigenvalue weighted by molar-refractivity contribution is -0.140. The molecule has 192 valence electrons. The van der Waals surface area contributed by atoms with Gasteiger partial charge in [0.05, 0.1) is 31.9 Å². The standard InChI is InChI=1S/C29H36N2O5/c1-29(2,3)22-11-9-20(10-12-22)25-24(26(32)21-7-5-8-23(19-21)35-4)27(33)28(34)31(25)14-6-13-30-15-17-36-18-16-30/h5,7-12,19,25,32H,6,13-18H2,1-4H3/b26-24+/t25-/m1/s1. The summed E-state index contributed by atoms with van der Waals surface area (Å²) in [7, 11) is 1.54. The number of aliphatic hydroxyl groups excluding tert-OH is 1. The molecule has 0 aromatic heterocycles. The molecule has 0 radical (unpaired) electrons. The van der Waals surface area contributed by atoms with Gasteiger partial charge in [-0.05, 0) is 35.1 Å². The zero-order chi connectivity index (χ0) is 25.9. The largest absolute Gasteiger partial charge is 0.507 e. The minimum atomic E-state index is -0.661. The van der Waals surface area contributed by atoms with Crippen LogP contribution in [0.1, 0.15) is 49.9 Å². The van der Waals surface area contributed by atoms with E-state index in [-0.39, 0.29) is 16.7 Å². The zero-order valence-electron chi connectivity index (χ0n) is 21.6. The van der Waals surface area contributed by atoms with Crippen molar-refractivity contribution in [2.24, 2.45) is 0 Å². The van der Waals surface area contributed by atoms with Crippen molar-refractivity contribution in [1.29, 1.82) is 0 Å². The van der Waals surface area contributed by atoms with Crippen molar-refractivity contribution < 1.29 is 24.2 Å². The number of benzene rings is 2. The van der Waals surface area contributed by atoms with Crippen molar-refractivity contribution in [3.05, 3.63) is 70.8 Å². The highest BCUT2D eigenvalue weighted by Gasteiger charge is 2.45. The van der Waals surface area contributed by atoms with Crippen LogP contribution in [-0.4, -0.2) is 73.1 Å². The van der Waals surface area contributed by atoms with Crippen LogP contribution in [-0.2, 0) is 19.7 Å². The monoisotopic (exact) mass is 492 g/mol. The van der Waals surface area contributed by atoms with Crippen LogP contribution in [0.2, 0.25) is 0 Å². The first kappa shape index (κ1) is 25.9. The molecule has 0 saturated carbocycles. The number of morpholine rings is 1. The Morgan fingerprint density at radius 1 is 1.06 bits per heavy atom. The van der Waals surface area contributed by atoms with Gasteiger partial charge in [-0.2, -0.15) is 0 Å². The lowest BCUT2D eigenvalue weighted by atomic mass is 9.85. The molecule has 2 aliphatic rings. The van der Waals surface area contributed by atoms with Crippen molar-refractivity contribution in [3.8, 4) is 5.75 Å². The number of amides is 1. The molecule has 2 fully saturated rings. The fourth-order valence-corrected chi connectivity index (χ4v) is 4.84. The van der Waals surface area contributed by atoms with Gasteiger partial charge < -0.3 is 19.5 Å². The van der Waals surface area contributed by atoms with E-state index in [1.165, 1.54) is 0 Å². The second-order valence-electron chi connectivity index (χ2n) is 10.4. The average molecular weight is 493 g/mol. The number of aliphatic hydroxyl groups is 1. The number of carbonyl (C=O) groups is 2. The lowest BCUT2D eigenvalue weighted by Gasteiger charge is -2.29. The number of carbonyl (C=O) groups excluding carboxylic acids is 2. The molecule has 2 heterocycles. The van der Waals surface area contributed by atoms with E-state index in [0.717, 1.165) is 37.2 Å².